The minimum Gasteiger partial charge on any atom is -0.207 e. The highest BCUT2D eigenvalue weighted by Gasteiger charge is 2.19. The summed E-state index contributed by atoms with van der Waals surface area (Å²) in [6, 6.07) is 8.60. The molecule has 0 aromatic heterocycles. The van der Waals surface area contributed by atoms with Crippen molar-refractivity contribution in [2.75, 3.05) is 0 Å². The van der Waals surface area contributed by atoms with Crippen molar-refractivity contribution in [2.45, 2.75) is 4.90 Å². The zero-order chi connectivity index (χ0) is 13.3. The Hall–Kier alpha value is -1.46. The maximum atomic E-state index is 13.6. The van der Waals surface area contributed by atoms with Crippen LogP contribution in [0, 0.1) is 11.6 Å². The van der Waals surface area contributed by atoms with E-state index in [0.717, 1.165) is 12.1 Å². The van der Waals surface area contributed by atoms with Crippen molar-refractivity contribution >= 4 is 19.7 Å². The van der Waals surface area contributed by atoms with E-state index in [-0.39, 0.29) is 11.1 Å². The lowest BCUT2D eigenvalue weighted by Crippen LogP contribution is -1.97. The molecular formula is C12H7ClF2O2S. The van der Waals surface area contributed by atoms with Crippen molar-refractivity contribution < 1.29 is 17.2 Å². The quantitative estimate of drug-likeness (QED) is 0.792. The van der Waals surface area contributed by atoms with E-state index in [0.29, 0.717) is 0 Å². The number of hydrogen-bond acceptors (Lipinski definition) is 2. The molecule has 18 heavy (non-hydrogen) atoms. The van der Waals surface area contributed by atoms with Gasteiger partial charge in [0.1, 0.15) is 11.6 Å². The fraction of sp³-hybridized carbons (Fsp3) is 0. The number of halogens is 3. The van der Waals surface area contributed by atoms with Gasteiger partial charge in [0.25, 0.3) is 9.05 Å². The normalized spacial score (nSPS) is 11.5. The first-order valence-corrected chi connectivity index (χ1v) is 7.19. The molecule has 0 radical (unpaired) electrons. The summed E-state index contributed by atoms with van der Waals surface area (Å²) >= 11 is 0. The van der Waals surface area contributed by atoms with Gasteiger partial charge >= 0.3 is 0 Å². The van der Waals surface area contributed by atoms with Crippen molar-refractivity contribution in [3.8, 4) is 11.1 Å². The molecule has 0 aliphatic heterocycles. The van der Waals surface area contributed by atoms with E-state index >= 15 is 0 Å². The zero-order valence-corrected chi connectivity index (χ0v) is 10.5. The van der Waals surface area contributed by atoms with Gasteiger partial charge in [-0.2, -0.15) is 0 Å². The fourth-order valence-electron chi connectivity index (χ4n) is 1.60. The summed E-state index contributed by atoms with van der Waals surface area (Å²) in [6.07, 6.45) is 0. The van der Waals surface area contributed by atoms with Crippen molar-refractivity contribution in [2.24, 2.45) is 0 Å². The molecule has 6 heteroatoms. The van der Waals surface area contributed by atoms with Crippen LogP contribution in [0.4, 0.5) is 8.78 Å². The fourth-order valence-corrected chi connectivity index (χ4v) is 2.68. The summed E-state index contributed by atoms with van der Waals surface area (Å²) in [5, 5.41) is 0. The average molecular weight is 289 g/mol. The van der Waals surface area contributed by atoms with Gasteiger partial charge in [0, 0.05) is 21.8 Å². The number of rotatable bonds is 2. The standard InChI is InChI=1S/C12H7ClF2O2S/c13-18(16,17)12-7-8(14)5-6-10(12)9-3-1-2-4-11(9)15/h1-7H. The highest BCUT2D eigenvalue weighted by molar-refractivity contribution is 8.13. The van der Waals surface area contributed by atoms with Crippen LogP contribution in [0.1, 0.15) is 0 Å². The van der Waals surface area contributed by atoms with Crippen LogP contribution >= 0.6 is 10.7 Å². The zero-order valence-electron chi connectivity index (χ0n) is 8.90. The third-order valence-electron chi connectivity index (χ3n) is 2.37. The van der Waals surface area contributed by atoms with Gasteiger partial charge in [-0.3, -0.25) is 0 Å². The SMILES string of the molecule is O=S(=O)(Cl)c1cc(F)ccc1-c1ccccc1F. The van der Waals surface area contributed by atoms with Crippen LogP contribution in [0.5, 0.6) is 0 Å². The Bertz CT molecular complexity index is 699. The van der Waals surface area contributed by atoms with Gasteiger partial charge in [0.15, 0.2) is 0 Å². The van der Waals surface area contributed by atoms with Crippen molar-refractivity contribution in [3.63, 3.8) is 0 Å². The van der Waals surface area contributed by atoms with Crippen molar-refractivity contribution in [1.29, 1.82) is 0 Å². The summed E-state index contributed by atoms with van der Waals surface area (Å²) in [5.74, 6) is -1.36. The summed E-state index contributed by atoms with van der Waals surface area (Å²) < 4.78 is 49.4. The molecular weight excluding hydrogens is 282 g/mol. The van der Waals surface area contributed by atoms with E-state index in [1.165, 1.54) is 24.3 Å². The molecule has 0 fully saturated rings. The van der Waals surface area contributed by atoms with E-state index in [1.54, 1.807) is 6.07 Å². The summed E-state index contributed by atoms with van der Waals surface area (Å²) in [7, 11) is 1.07. The Morgan fingerprint density at radius 2 is 1.61 bits per heavy atom. The maximum absolute atomic E-state index is 13.6. The second-order valence-electron chi connectivity index (χ2n) is 3.56. The highest BCUT2D eigenvalue weighted by Crippen LogP contribution is 2.31. The van der Waals surface area contributed by atoms with E-state index in [1.807, 2.05) is 0 Å². The predicted octanol–water partition coefficient (Wildman–Crippen LogP) is 3.56. The molecule has 2 aromatic rings. The van der Waals surface area contributed by atoms with Crippen molar-refractivity contribution in [1.82, 2.24) is 0 Å². The monoisotopic (exact) mass is 288 g/mol. The van der Waals surface area contributed by atoms with Crippen LogP contribution in [0.3, 0.4) is 0 Å². The molecule has 2 nitrogen and oxygen atoms in total. The predicted molar refractivity (Wildman–Crippen MR) is 64.8 cm³/mol. The van der Waals surface area contributed by atoms with Gasteiger partial charge < -0.3 is 0 Å². The largest absolute Gasteiger partial charge is 0.262 e. The molecule has 0 aliphatic rings. The van der Waals surface area contributed by atoms with Crippen molar-refractivity contribution in [3.05, 3.63) is 54.1 Å². The molecule has 0 spiro atoms. The molecule has 0 bridgehead atoms. The van der Waals surface area contributed by atoms with Crippen LogP contribution in [-0.4, -0.2) is 8.42 Å². The number of benzene rings is 2. The van der Waals surface area contributed by atoms with E-state index in [9.17, 15) is 17.2 Å². The Morgan fingerprint density at radius 3 is 2.22 bits per heavy atom. The molecule has 0 saturated carbocycles. The van der Waals surface area contributed by atoms with Gasteiger partial charge in [0.05, 0.1) is 4.90 Å². The van der Waals surface area contributed by atoms with E-state index in [4.69, 9.17) is 10.7 Å². The Balaban J connectivity index is 2.77. The van der Waals surface area contributed by atoms with Gasteiger partial charge in [0.2, 0.25) is 0 Å². The van der Waals surface area contributed by atoms with E-state index in [2.05, 4.69) is 0 Å². The Labute approximate surface area is 107 Å². The van der Waals surface area contributed by atoms with Gasteiger partial charge in [-0.1, -0.05) is 24.3 Å². The summed E-state index contributed by atoms with van der Waals surface area (Å²) in [6.45, 7) is 0. The molecule has 2 aromatic carbocycles. The lowest BCUT2D eigenvalue weighted by Gasteiger charge is -2.08. The molecule has 0 heterocycles. The first-order chi connectivity index (χ1) is 8.39. The second-order valence-corrected chi connectivity index (χ2v) is 6.09. The Kier molecular flexibility index (Phi) is 3.36. The summed E-state index contributed by atoms with van der Waals surface area (Å²) in [5.41, 5.74) is 0.0845. The third-order valence-corrected chi connectivity index (χ3v) is 3.73. The second kappa shape index (κ2) is 4.66. The van der Waals surface area contributed by atoms with Gasteiger partial charge in [-0.25, -0.2) is 17.2 Å². The van der Waals surface area contributed by atoms with Crippen LogP contribution < -0.4 is 0 Å². The third kappa shape index (κ3) is 2.52. The minimum atomic E-state index is -4.16. The molecule has 94 valence electrons. The molecule has 0 aliphatic carbocycles. The smallest absolute Gasteiger partial charge is 0.207 e. The van der Waals surface area contributed by atoms with E-state index < -0.39 is 25.6 Å². The Morgan fingerprint density at radius 1 is 0.944 bits per heavy atom. The van der Waals surface area contributed by atoms with Crippen LogP contribution in [-0.2, 0) is 9.05 Å². The molecule has 0 saturated heterocycles. The lowest BCUT2D eigenvalue weighted by atomic mass is 10.1. The topological polar surface area (TPSA) is 34.1 Å². The lowest BCUT2D eigenvalue weighted by molar-refractivity contribution is 0.602. The first-order valence-electron chi connectivity index (χ1n) is 4.89. The molecule has 0 atom stereocenters. The minimum absolute atomic E-state index is 0.0319. The van der Waals surface area contributed by atoms with Crippen LogP contribution in [0.25, 0.3) is 11.1 Å². The number of hydrogen-bond donors (Lipinski definition) is 0. The van der Waals surface area contributed by atoms with Crippen LogP contribution in [0.15, 0.2) is 47.4 Å². The maximum Gasteiger partial charge on any atom is 0.262 e. The molecule has 2 rings (SSSR count). The molecule has 0 unspecified atom stereocenters. The highest BCUT2D eigenvalue weighted by atomic mass is 35.7. The first kappa shape index (κ1) is 13.0. The summed E-state index contributed by atoms with van der Waals surface area (Å²) in [4.78, 5) is -0.450. The average Bonchev–Trinajstić information content (AvgIpc) is 2.29. The molecule has 0 amide bonds. The molecule has 0 N–H and O–H groups in total. The van der Waals surface area contributed by atoms with Gasteiger partial charge in [-0.15, -0.1) is 0 Å². The van der Waals surface area contributed by atoms with Gasteiger partial charge in [-0.05, 0) is 18.2 Å². The van der Waals surface area contributed by atoms with Crippen LogP contribution in [0.2, 0.25) is 0 Å².